The molecule has 0 bridgehead atoms. The van der Waals surface area contributed by atoms with Gasteiger partial charge in [-0.3, -0.25) is 9.59 Å². The van der Waals surface area contributed by atoms with Gasteiger partial charge in [-0.05, 0) is 6.42 Å². The predicted octanol–water partition coefficient (Wildman–Crippen LogP) is -0.1000. The van der Waals surface area contributed by atoms with Gasteiger partial charge in [-0.2, -0.15) is 0 Å². The largest absolute Gasteiger partial charge is 0.480 e. The van der Waals surface area contributed by atoms with Gasteiger partial charge >= 0.3 is 5.97 Å². The Hall–Kier alpha value is -1.28. The standard InChI is InChI=1S/C13H22N2O5S/c1-3-10(13(18)19)14(2)11(16)8-21-9-12(17)15-4-6-20-7-5-15/h10H,3-9H2,1-2H3,(H,18,19). The van der Waals surface area contributed by atoms with Crippen molar-refractivity contribution in [2.24, 2.45) is 0 Å². The Morgan fingerprint density at radius 1 is 1.29 bits per heavy atom. The first-order valence-electron chi connectivity index (χ1n) is 6.89. The molecule has 0 aliphatic carbocycles. The van der Waals surface area contributed by atoms with Gasteiger partial charge in [0.2, 0.25) is 11.8 Å². The molecule has 21 heavy (non-hydrogen) atoms. The third kappa shape index (κ3) is 5.55. The lowest BCUT2D eigenvalue weighted by atomic mass is 10.2. The number of morpholine rings is 1. The molecular formula is C13H22N2O5S. The van der Waals surface area contributed by atoms with Crippen LogP contribution in [0.25, 0.3) is 0 Å². The fourth-order valence-corrected chi connectivity index (χ4v) is 2.86. The van der Waals surface area contributed by atoms with Crippen LogP contribution >= 0.6 is 11.8 Å². The fraction of sp³-hybridized carbons (Fsp3) is 0.769. The van der Waals surface area contributed by atoms with Gasteiger partial charge in [0.05, 0.1) is 24.7 Å². The maximum Gasteiger partial charge on any atom is 0.326 e. The quantitative estimate of drug-likeness (QED) is 0.705. The third-order valence-electron chi connectivity index (χ3n) is 3.35. The van der Waals surface area contributed by atoms with Crippen molar-refractivity contribution >= 4 is 29.5 Å². The molecule has 0 aromatic rings. The minimum absolute atomic E-state index is 0.0102. The van der Waals surface area contributed by atoms with Gasteiger partial charge < -0.3 is 19.6 Å². The summed E-state index contributed by atoms with van der Waals surface area (Å²) >= 11 is 1.21. The van der Waals surface area contributed by atoms with E-state index in [1.165, 1.54) is 23.7 Å². The van der Waals surface area contributed by atoms with Crippen LogP contribution in [0, 0.1) is 0 Å². The normalized spacial score (nSPS) is 16.4. The topological polar surface area (TPSA) is 87.2 Å². The van der Waals surface area contributed by atoms with E-state index in [1.54, 1.807) is 11.8 Å². The summed E-state index contributed by atoms with van der Waals surface area (Å²) in [6, 6.07) is -0.812. The monoisotopic (exact) mass is 318 g/mol. The van der Waals surface area contributed by atoms with Gasteiger partial charge in [0.15, 0.2) is 0 Å². The number of carboxylic acids is 1. The molecular weight excluding hydrogens is 296 g/mol. The molecule has 1 aliphatic rings. The maximum absolute atomic E-state index is 11.9. The predicted molar refractivity (Wildman–Crippen MR) is 79.2 cm³/mol. The first kappa shape index (κ1) is 17.8. The molecule has 0 radical (unpaired) electrons. The summed E-state index contributed by atoms with van der Waals surface area (Å²) < 4.78 is 5.17. The number of amides is 2. The molecule has 8 heteroatoms. The summed E-state index contributed by atoms with van der Waals surface area (Å²) in [5, 5.41) is 9.00. The van der Waals surface area contributed by atoms with Gasteiger partial charge in [0.1, 0.15) is 6.04 Å². The molecule has 1 unspecified atom stereocenters. The van der Waals surface area contributed by atoms with E-state index in [0.717, 1.165) is 0 Å². The Bertz CT molecular complexity index is 385. The molecule has 0 aromatic carbocycles. The van der Waals surface area contributed by atoms with Crippen molar-refractivity contribution in [2.75, 3.05) is 44.9 Å². The second kappa shape index (κ2) is 8.89. The smallest absolute Gasteiger partial charge is 0.326 e. The number of carbonyl (C=O) groups is 3. The van der Waals surface area contributed by atoms with Crippen LogP contribution < -0.4 is 0 Å². The number of nitrogens with zero attached hydrogens (tertiary/aromatic N) is 2. The Morgan fingerprint density at radius 2 is 1.90 bits per heavy atom. The SMILES string of the molecule is CCC(C(=O)O)N(C)C(=O)CSCC(=O)N1CCOCC1. The molecule has 120 valence electrons. The number of carboxylic acid groups (broad SMARTS) is 1. The van der Waals surface area contributed by atoms with Gasteiger partial charge in [-0.15, -0.1) is 11.8 Å². The molecule has 0 spiro atoms. The van der Waals surface area contributed by atoms with E-state index in [9.17, 15) is 14.4 Å². The van der Waals surface area contributed by atoms with Crippen LogP contribution in [0.4, 0.5) is 0 Å². The number of aliphatic carboxylic acids is 1. The van der Waals surface area contributed by atoms with E-state index < -0.39 is 12.0 Å². The Labute approximate surface area is 128 Å². The molecule has 1 N–H and O–H groups in total. The molecule has 1 saturated heterocycles. The second-order valence-corrected chi connectivity index (χ2v) is 5.74. The van der Waals surface area contributed by atoms with Crippen molar-refractivity contribution in [3.05, 3.63) is 0 Å². The summed E-state index contributed by atoms with van der Waals surface area (Å²) in [5.41, 5.74) is 0. The van der Waals surface area contributed by atoms with E-state index in [-0.39, 0.29) is 23.3 Å². The highest BCUT2D eigenvalue weighted by atomic mass is 32.2. The van der Waals surface area contributed by atoms with E-state index in [2.05, 4.69) is 0 Å². The Kier molecular flexibility index (Phi) is 7.52. The van der Waals surface area contributed by atoms with Gasteiger partial charge in [-0.25, -0.2) is 4.79 Å². The third-order valence-corrected chi connectivity index (χ3v) is 4.25. The van der Waals surface area contributed by atoms with Crippen LogP contribution in [0.3, 0.4) is 0 Å². The lowest BCUT2D eigenvalue weighted by molar-refractivity contribution is -0.148. The van der Waals surface area contributed by atoms with Crippen molar-refractivity contribution in [1.29, 1.82) is 0 Å². The van der Waals surface area contributed by atoms with Crippen molar-refractivity contribution < 1.29 is 24.2 Å². The molecule has 1 atom stereocenters. The molecule has 0 aromatic heterocycles. The molecule has 1 fully saturated rings. The highest BCUT2D eigenvalue weighted by Crippen LogP contribution is 2.09. The summed E-state index contributed by atoms with van der Waals surface area (Å²) in [4.78, 5) is 37.7. The average Bonchev–Trinajstić information content (AvgIpc) is 2.48. The summed E-state index contributed by atoms with van der Waals surface area (Å²) in [5.74, 6) is -0.962. The van der Waals surface area contributed by atoms with Gasteiger partial charge in [-0.1, -0.05) is 6.92 Å². The van der Waals surface area contributed by atoms with Crippen LogP contribution in [0.5, 0.6) is 0 Å². The van der Waals surface area contributed by atoms with E-state index >= 15 is 0 Å². The van der Waals surface area contributed by atoms with Crippen molar-refractivity contribution in [3.8, 4) is 0 Å². The van der Waals surface area contributed by atoms with Crippen LogP contribution in [0.1, 0.15) is 13.3 Å². The summed E-state index contributed by atoms with van der Waals surface area (Å²) in [6.07, 6.45) is 0.356. The highest BCUT2D eigenvalue weighted by molar-refractivity contribution is 8.00. The molecule has 1 aliphatic heterocycles. The molecule has 7 nitrogen and oxygen atoms in total. The maximum atomic E-state index is 11.9. The Balaban J connectivity index is 2.32. The van der Waals surface area contributed by atoms with Crippen molar-refractivity contribution in [2.45, 2.75) is 19.4 Å². The van der Waals surface area contributed by atoms with Crippen molar-refractivity contribution in [1.82, 2.24) is 9.80 Å². The summed E-state index contributed by atoms with van der Waals surface area (Å²) in [7, 11) is 1.48. The Morgan fingerprint density at radius 3 is 2.43 bits per heavy atom. The second-order valence-electron chi connectivity index (χ2n) is 4.75. The molecule has 0 saturated carbocycles. The van der Waals surface area contributed by atoms with Gasteiger partial charge in [0.25, 0.3) is 0 Å². The number of ether oxygens (including phenoxy) is 1. The fourth-order valence-electron chi connectivity index (χ4n) is 2.02. The van der Waals surface area contributed by atoms with Crippen LogP contribution in [0.2, 0.25) is 0 Å². The number of hydrogen-bond donors (Lipinski definition) is 1. The average molecular weight is 318 g/mol. The first-order valence-corrected chi connectivity index (χ1v) is 8.04. The number of likely N-dealkylation sites (N-methyl/N-ethyl adjacent to an activating group) is 1. The number of hydrogen-bond acceptors (Lipinski definition) is 5. The zero-order chi connectivity index (χ0) is 15.8. The highest BCUT2D eigenvalue weighted by Gasteiger charge is 2.25. The lowest BCUT2D eigenvalue weighted by Crippen LogP contribution is -2.43. The van der Waals surface area contributed by atoms with E-state index in [4.69, 9.17) is 9.84 Å². The minimum Gasteiger partial charge on any atom is -0.480 e. The van der Waals surface area contributed by atoms with Crippen LogP contribution in [-0.2, 0) is 19.1 Å². The number of rotatable bonds is 7. The van der Waals surface area contributed by atoms with Crippen LogP contribution in [-0.4, -0.2) is 83.6 Å². The molecule has 1 heterocycles. The molecule has 1 rings (SSSR count). The first-order chi connectivity index (χ1) is 9.97. The molecule has 2 amide bonds. The number of carbonyl (C=O) groups excluding carboxylic acids is 2. The van der Waals surface area contributed by atoms with Crippen molar-refractivity contribution in [3.63, 3.8) is 0 Å². The summed E-state index contributed by atoms with van der Waals surface area (Å²) in [6.45, 7) is 4.00. The van der Waals surface area contributed by atoms with Crippen LogP contribution in [0.15, 0.2) is 0 Å². The minimum atomic E-state index is -1.01. The zero-order valence-electron chi connectivity index (χ0n) is 12.4. The number of thioether (sulfide) groups is 1. The lowest BCUT2D eigenvalue weighted by Gasteiger charge is -2.27. The van der Waals surface area contributed by atoms with E-state index in [0.29, 0.717) is 32.7 Å². The van der Waals surface area contributed by atoms with E-state index in [1.807, 2.05) is 0 Å². The zero-order valence-corrected chi connectivity index (χ0v) is 13.2. The van der Waals surface area contributed by atoms with Gasteiger partial charge in [0, 0.05) is 20.1 Å².